The van der Waals surface area contributed by atoms with Crippen molar-refractivity contribution in [2.45, 2.75) is 72.9 Å². The Hall–Kier alpha value is -2.12. The molecule has 0 atom stereocenters. The summed E-state index contributed by atoms with van der Waals surface area (Å²) in [6, 6.07) is 0. The SMILES string of the molecule is CCN(CC)CC.CCOC(=O)CC(=O)Cl.CCOC(=O)c1c(C)nc(SC)[nH]c1=O.COC(C)(OC)N(C)C.CSC(N)=NC(C)=[N+](C)C.NC(N)=S.[I-]. The molecule has 0 bridgehead atoms. The molecule has 1 aromatic rings. The van der Waals surface area contributed by atoms with Crippen LogP contribution in [0.2, 0.25) is 0 Å². The number of nitrogens with zero attached hydrogens (tertiary/aromatic N) is 5. The molecule has 55 heavy (non-hydrogen) atoms. The number of aryl methyl sites for hydroxylation is 1. The Morgan fingerprint density at radius 2 is 1.42 bits per heavy atom. The van der Waals surface area contributed by atoms with E-state index in [4.69, 9.17) is 31.5 Å². The van der Waals surface area contributed by atoms with Gasteiger partial charge in [-0.05, 0) is 95.8 Å². The Morgan fingerprint density at radius 3 is 1.65 bits per heavy atom. The number of ether oxygens (including phenoxy) is 4. The Kier molecular flexibility index (Phi) is 47.2. The molecule has 0 aliphatic rings. The fraction of sp³-hybridized carbons (Fsp3) is 0.697. The number of esters is 2. The van der Waals surface area contributed by atoms with Crippen LogP contribution in [0.3, 0.4) is 0 Å². The predicted molar refractivity (Wildman–Crippen MR) is 228 cm³/mol. The van der Waals surface area contributed by atoms with Crippen molar-refractivity contribution in [3.8, 4) is 0 Å². The average Bonchev–Trinajstić information content (AvgIpc) is 3.08. The molecule has 0 aliphatic carbocycles. The van der Waals surface area contributed by atoms with E-state index in [-0.39, 0.29) is 54.3 Å². The number of amidine groups is 2. The van der Waals surface area contributed by atoms with Gasteiger partial charge in [0.2, 0.25) is 11.2 Å². The van der Waals surface area contributed by atoms with Gasteiger partial charge in [0.05, 0.1) is 33.0 Å². The normalized spacial score (nSPS) is 10.1. The van der Waals surface area contributed by atoms with Crippen LogP contribution in [0.25, 0.3) is 0 Å². The molecule has 0 aromatic carbocycles. The van der Waals surface area contributed by atoms with Gasteiger partial charge in [0.1, 0.15) is 12.0 Å². The van der Waals surface area contributed by atoms with Gasteiger partial charge in [-0.3, -0.25) is 23.9 Å². The fourth-order valence-corrected chi connectivity index (χ4v) is 3.61. The molecular weight excluding hydrogens is 909 g/mol. The minimum atomic E-state index is -0.687. The molecule has 1 aromatic heterocycles. The van der Waals surface area contributed by atoms with Crippen molar-refractivity contribution in [1.29, 1.82) is 0 Å². The van der Waals surface area contributed by atoms with Crippen LogP contribution in [-0.4, -0.2) is 151 Å². The largest absolute Gasteiger partial charge is 1.00 e. The molecule has 0 aliphatic heterocycles. The Morgan fingerprint density at radius 1 is 0.982 bits per heavy atom. The number of carbonyl (C=O) groups is 3. The number of aromatic nitrogens is 2. The van der Waals surface area contributed by atoms with E-state index in [1.807, 2.05) is 57.8 Å². The molecule has 1 rings (SSSR count). The summed E-state index contributed by atoms with van der Waals surface area (Å²) in [5.74, 6) is -0.860. The Labute approximate surface area is 364 Å². The third-order valence-corrected chi connectivity index (χ3v) is 7.60. The van der Waals surface area contributed by atoms with E-state index in [2.05, 4.69) is 69.1 Å². The molecule has 7 N–H and O–H groups in total. The van der Waals surface area contributed by atoms with Crippen LogP contribution < -0.4 is 46.7 Å². The fourth-order valence-electron chi connectivity index (χ4n) is 2.85. The number of thioether (sulfide) groups is 2. The first-order valence-electron chi connectivity index (χ1n) is 16.6. The van der Waals surface area contributed by atoms with E-state index >= 15 is 0 Å². The van der Waals surface area contributed by atoms with Gasteiger partial charge in [-0.25, -0.2) is 9.78 Å². The van der Waals surface area contributed by atoms with Gasteiger partial charge in [-0.2, -0.15) is 0 Å². The number of nitrogens with one attached hydrogen (secondary N) is 1. The topological polar surface area (TPSA) is 234 Å². The van der Waals surface area contributed by atoms with Gasteiger partial charge >= 0.3 is 11.9 Å². The third-order valence-electron chi connectivity index (χ3n) is 6.38. The van der Waals surface area contributed by atoms with Crippen molar-refractivity contribution in [2.75, 3.05) is 87.8 Å². The van der Waals surface area contributed by atoms with Crippen LogP contribution in [0.4, 0.5) is 0 Å². The molecule has 1 heterocycles. The molecule has 0 spiro atoms. The zero-order valence-electron chi connectivity index (χ0n) is 35.5. The van der Waals surface area contributed by atoms with E-state index in [0.717, 1.165) is 5.84 Å². The van der Waals surface area contributed by atoms with Crippen molar-refractivity contribution < 1.29 is 61.9 Å². The van der Waals surface area contributed by atoms with E-state index < -0.39 is 28.7 Å². The summed E-state index contributed by atoms with van der Waals surface area (Å²) in [5, 5.41) is 0.408. The maximum Gasteiger partial charge on any atom is 0.345 e. The number of H-pyrrole nitrogens is 1. The molecular formula is C33H67ClIN9O8S3. The quantitative estimate of drug-likeness (QED) is 0.0186. The molecule has 0 saturated carbocycles. The van der Waals surface area contributed by atoms with Crippen LogP contribution in [0.5, 0.6) is 0 Å². The minimum Gasteiger partial charge on any atom is -1.00 e. The summed E-state index contributed by atoms with van der Waals surface area (Å²) in [7, 11) is 10.9. The van der Waals surface area contributed by atoms with Crippen molar-refractivity contribution >= 4 is 80.6 Å². The van der Waals surface area contributed by atoms with Gasteiger partial charge < -0.3 is 70.0 Å². The smallest absolute Gasteiger partial charge is 0.345 e. The number of rotatable bonds is 12. The first-order valence-corrected chi connectivity index (χ1v) is 19.8. The number of aromatic amines is 1. The number of hydrogen-bond donors (Lipinski definition) is 4. The summed E-state index contributed by atoms with van der Waals surface area (Å²) < 4.78 is 21.2. The highest BCUT2D eigenvalue weighted by Crippen LogP contribution is 2.11. The van der Waals surface area contributed by atoms with Crippen LogP contribution in [-0.2, 0) is 28.5 Å². The molecule has 0 fully saturated rings. The van der Waals surface area contributed by atoms with E-state index in [9.17, 15) is 19.2 Å². The molecule has 22 heteroatoms. The van der Waals surface area contributed by atoms with Crippen LogP contribution in [0, 0.1) is 6.92 Å². The van der Waals surface area contributed by atoms with Gasteiger partial charge in [0.25, 0.3) is 16.6 Å². The second-order valence-corrected chi connectivity index (χ2v) is 12.9. The van der Waals surface area contributed by atoms with Crippen LogP contribution >= 0.6 is 47.3 Å². The molecule has 324 valence electrons. The van der Waals surface area contributed by atoms with E-state index in [1.54, 1.807) is 41.2 Å². The highest BCUT2D eigenvalue weighted by molar-refractivity contribution is 8.13. The standard InChI is InChI=1S/C9H12N2O3S.C6H13N3S.C6H15NO2.C6H15N.C5H7ClO3.CH4N2S.HI/c1-4-14-8(13)6-5(2)10-9(15-3)11-7(6)12;1-5(9(2)3)8-6(7)10-4;1-6(8-4,9-5)7(2)3;1-4-7(5-2)6-3;1-2-9-5(8)3-4(6)7;2-1(3)4;/h4H2,1-3H3,(H,10,11,12);7H,1-4H3;1-5H3;4-6H2,1-3H3;2-3H2,1H3;(H4,2,3,4);1H. The average molecular weight is 977 g/mol. The molecule has 17 nitrogen and oxygen atoms in total. The summed E-state index contributed by atoms with van der Waals surface area (Å²) in [6.45, 7) is 19.4. The lowest BCUT2D eigenvalue weighted by atomic mass is 10.2. The summed E-state index contributed by atoms with van der Waals surface area (Å²) in [6.07, 6.45) is 3.36. The highest BCUT2D eigenvalue weighted by Gasteiger charge is 2.24. The third kappa shape index (κ3) is 38.5. The lowest BCUT2D eigenvalue weighted by Gasteiger charge is -2.32. The summed E-state index contributed by atoms with van der Waals surface area (Å²) in [4.78, 5) is 58.1. The zero-order chi connectivity index (χ0) is 43.6. The Bertz CT molecular complexity index is 1320. The lowest BCUT2D eigenvalue weighted by Crippen LogP contribution is -3.00. The first kappa shape index (κ1) is 64.8. The maximum absolute atomic E-state index is 11.5. The van der Waals surface area contributed by atoms with Gasteiger partial charge in [0.15, 0.2) is 10.3 Å². The van der Waals surface area contributed by atoms with Crippen molar-refractivity contribution in [2.24, 2.45) is 22.2 Å². The van der Waals surface area contributed by atoms with Crippen molar-refractivity contribution in [3.63, 3.8) is 0 Å². The first-order chi connectivity index (χ1) is 25.0. The number of halogens is 2. The van der Waals surface area contributed by atoms with Gasteiger partial charge in [-0.1, -0.05) is 44.3 Å². The Balaban J connectivity index is -0.000000136. The number of hydrogen-bond acceptors (Lipinski definition) is 14. The number of aliphatic imine (C=N–C) groups is 1. The number of thiocarbonyl (C=S) groups is 1. The summed E-state index contributed by atoms with van der Waals surface area (Å²) >= 11 is 11.7. The number of carbonyl (C=O) groups excluding carboxylic acids is 3. The van der Waals surface area contributed by atoms with E-state index in [0.29, 0.717) is 16.0 Å². The van der Waals surface area contributed by atoms with Crippen molar-refractivity contribution in [3.05, 3.63) is 21.6 Å². The molecule has 0 saturated heterocycles. The number of methoxy groups -OCH3 is 2. The molecule has 0 radical (unpaired) electrons. The van der Waals surface area contributed by atoms with Crippen LogP contribution in [0.15, 0.2) is 14.9 Å². The second-order valence-electron chi connectivity index (χ2n) is 10.4. The second kappa shape index (κ2) is 40.1. The van der Waals surface area contributed by atoms with Crippen LogP contribution in [0.1, 0.15) is 70.9 Å². The predicted octanol–water partition coefficient (Wildman–Crippen LogP) is 0.0918. The molecule has 0 amide bonds. The maximum atomic E-state index is 11.5. The van der Waals surface area contributed by atoms with E-state index in [1.165, 1.54) is 43.2 Å². The monoisotopic (exact) mass is 975 g/mol. The number of nitrogens with two attached hydrogens (primary N) is 3. The minimum absolute atomic E-state index is 0. The lowest BCUT2D eigenvalue weighted by molar-refractivity contribution is -0.465. The zero-order valence-corrected chi connectivity index (χ0v) is 40.8. The summed E-state index contributed by atoms with van der Waals surface area (Å²) in [5.41, 5.74) is 14.6. The highest BCUT2D eigenvalue weighted by atomic mass is 127. The van der Waals surface area contributed by atoms with Gasteiger partial charge in [0, 0.05) is 28.1 Å². The molecule has 0 unspecified atom stereocenters. The van der Waals surface area contributed by atoms with Gasteiger partial charge in [-0.15, -0.1) is 0 Å². The van der Waals surface area contributed by atoms with Crippen molar-refractivity contribution in [1.82, 2.24) is 19.8 Å².